The molecule has 0 N–H and O–H groups in total. The predicted molar refractivity (Wildman–Crippen MR) is 123 cm³/mol. The largest absolute Gasteiger partial charge is 0.335 e. The summed E-state index contributed by atoms with van der Waals surface area (Å²) in [7, 11) is 0. The van der Waals surface area contributed by atoms with Gasteiger partial charge in [0.15, 0.2) is 0 Å². The van der Waals surface area contributed by atoms with Crippen molar-refractivity contribution in [2.45, 2.75) is 31.7 Å². The summed E-state index contributed by atoms with van der Waals surface area (Å²) in [5.74, 6) is 0.246. The lowest BCUT2D eigenvalue weighted by Gasteiger charge is -2.46. The molecule has 1 atom stereocenters. The Kier molecular flexibility index (Phi) is 5.98. The maximum absolute atomic E-state index is 13.3. The van der Waals surface area contributed by atoms with Crippen molar-refractivity contribution in [3.8, 4) is 0 Å². The van der Waals surface area contributed by atoms with Crippen LogP contribution in [0.25, 0.3) is 0 Å². The summed E-state index contributed by atoms with van der Waals surface area (Å²) < 4.78 is 0. The summed E-state index contributed by atoms with van der Waals surface area (Å²) in [5, 5.41) is 0. The first kappa shape index (κ1) is 21.0. The van der Waals surface area contributed by atoms with Gasteiger partial charge in [0.25, 0.3) is 11.8 Å². The second kappa shape index (κ2) is 8.84. The van der Waals surface area contributed by atoms with Crippen LogP contribution >= 0.6 is 0 Å². The summed E-state index contributed by atoms with van der Waals surface area (Å²) in [6, 6.07) is 19.5. The first-order valence-electron chi connectivity index (χ1n) is 10.8. The van der Waals surface area contributed by atoms with Crippen molar-refractivity contribution in [2.24, 2.45) is 9.98 Å². The number of carbonyl (C=O) groups excluding carboxylic acids is 2. The molecule has 0 spiro atoms. The van der Waals surface area contributed by atoms with E-state index in [9.17, 15) is 9.59 Å². The van der Waals surface area contributed by atoms with Gasteiger partial charge in [0.2, 0.25) is 5.84 Å². The molecular formula is C25H28N4O2. The van der Waals surface area contributed by atoms with Gasteiger partial charge in [-0.25, -0.2) is 4.99 Å². The molecule has 1 unspecified atom stereocenters. The average Bonchev–Trinajstić information content (AvgIpc) is 3.05. The van der Waals surface area contributed by atoms with Crippen molar-refractivity contribution >= 4 is 23.9 Å². The van der Waals surface area contributed by atoms with Gasteiger partial charge in [-0.2, -0.15) is 0 Å². The van der Waals surface area contributed by atoms with Gasteiger partial charge in [-0.1, -0.05) is 48.5 Å². The van der Waals surface area contributed by atoms with Crippen LogP contribution < -0.4 is 0 Å². The van der Waals surface area contributed by atoms with Crippen molar-refractivity contribution in [3.05, 3.63) is 71.8 Å². The molecule has 2 aliphatic rings. The van der Waals surface area contributed by atoms with E-state index < -0.39 is 5.54 Å². The Morgan fingerprint density at radius 2 is 1.61 bits per heavy atom. The number of hydrogen-bond donors (Lipinski definition) is 0. The maximum Gasteiger partial charge on any atom is 0.291 e. The molecule has 2 aromatic rings. The fourth-order valence-corrected chi connectivity index (χ4v) is 4.25. The Labute approximate surface area is 183 Å². The highest BCUT2D eigenvalue weighted by molar-refractivity contribution is 6.39. The molecule has 160 valence electrons. The van der Waals surface area contributed by atoms with Gasteiger partial charge in [0, 0.05) is 43.9 Å². The molecule has 2 aromatic carbocycles. The zero-order valence-corrected chi connectivity index (χ0v) is 18.1. The van der Waals surface area contributed by atoms with E-state index in [1.165, 1.54) is 5.56 Å². The van der Waals surface area contributed by atoms with Crippen molar-refractivity contribution in [3.63, 3.8) is 0 Å². The molecule has 2 aliphatic heterocycles. The van der Waals surface area contributed by atoms with Gasteiger partial charge in [0.05, 0.1) is 5.54 Å². The normalized spacial score (nSPS) is 20.7. The quantitative estimate of drug-likeness (QED) is 0.770. The van der Waals surface area contributed by atoms with Gasteiger partial charge < -0.3 is 9.80 Å². The Morgan fingerprint density at radius 1 is 0.935 bits per heavy atom. The van der Waals surface area contributed by atoms with Crippen LogP contribution in [0, 0.1) is 0 Å². The molecule has 6 heteroatoms. The van der Waals surface area contributed by atoms with Gasteiger partial charge in [0.1, 0.15) is 0 Å². The Morgan fingerprint density at radius 3 is 2.29 bits per heavy atom. The summed E-state index contributed by atoms with van der Waals surface area (Å²) in [4.78, 5) is 38.7. The van der Waals surface area contributed by atoms with E-state index in [4.69, 9.17) is 0 Å². The summed E-state index contributed by atoms with van der Waals surface area (Å²) in [6.45, 7) is 5.96. The lowest BCUT2D eigenvalue weighted by atomic mass is 9.97. The first-order valence-corrected chi connectivity index (χ1v) is 10.8. The van der Waals surface area contributed by atoms with Crippen molar-refractivity contribution in [1.82, 2.24) is 9.80 Å². The average molecular weight is 417 g/mol. The highest BCUT2D eigenvalue weighted by Crippen LogP contribution is 2.24. The summed E-state index contributed by atoms with van der Waals surface area (Å²) in [5.41, 5.74) is 1.34. The van der Waals surface area contributed by atoms with Gasteiger partial charge in [-0.3, -0.25) is 14.6 Å². The third kappa shape index (κ3) is 4.58. The number of nitrogens with zero attached hydrogens (tertiary/aromatic N) is 4. The number of aliphatic imine (C=N–C) groups is 2. The molecule has 2 amide bonds. The smallest absolute Gasteiger partial charge is 0.291 e. The fourth-order valence-electron chi connectivity index (χ4n) is 4.25. The Bertz CT molecular complexity index is 999. The molecule has 0 saturated carbocycles. The van der Waals surface area contributed by atoms with Crippen LogP contribution in [0.1, 0.15) is 42.1 Å². The molecule has 0 bridgehead atoms. The van der Waals surface area contributed by atoms with Gasteiger partial charge >= 0.3 is 0 Å². The van der Waals surface area contributed by atoms with Crippen molar-refractivity contribution in [2.75, 3.05) is 26.2 Å². The van der Waals surface area contributed by atoms with E-state index in [1.54, 1.807) is 4.90 Å². The third-order valence-electron chi connectivity index (χ3n) is 5.95. The molecular weight excluding hydrogens is 388 g/mol. The van der Waals surface area contributed by atoms with Crippen LogP contribution in [-0.2, 0) is 4.79 Å². The monoisotopic (exact) mass is 416 g/mol. The lowest BCUT2D eigenvalue weighted by Crippen LogP contribution is -2.63. The zero-order chi connectivity index (χ0) is 21.8. The van der Waals surface area contributed by atoms with E-state index in [1.807, 2.05) is 73.5 Å². The molecule has 1 saturated heterocycles. The summed E-state index contributed by atoms with van der Waals surface area (Å²) >= 11 is 0. The van der Waals surface area contributed by atoms with E-state index in [-0.39, 0.29) is 23.6 Å². The van der Waals surface area contributed by atoms with Crippen LogP contribution in [0.4, 0.5) is 0 Å². The van der Waals surface area contributed by atoms with Gasteiger partial charge in [-0.05, 0) is 38.0 Å². The van der Waals surface area contributed by atoms with Crippen LogP contribution in [0.3, 0.4) is 0 Å². The number of carbonyl (C=O) groups is 2. The summed E-state index contributed by atoms with van der Waals surface area (Å²) in [6.07, 6.45) is 2.67. The van der Waals surface area contributed by atoms with E-state index in [0.29, 0.717) is 31.7 Å². The molecule has 4 rings (SSSR count). The van der Waals surface area contributed by atoms with E-state index in [2.05, 4.69) is 22.1 Å². The van der Waals surface area contributed by atoms with Gasteiger partial charge in [-0.15, -0.1) is 0 Å². The molecule has 2 heterocycles. The Hall–Kier alpha value is -3.28. The highest BCUT2D eigenvalue weighted by Gasteiger charge is 2.40. The zero-order valence-electron chi connectivity index (χ0n) is 18.1. The fraction of sp³-hybridized carbons (Fsp3) is 0.360. The van der Waals surface area contributed by atoms with Crippen LogP contribution in [0.2, 0.25) is 0 Å². The first-order chi connectivity index (χ1) is 15.0. The van der Waals surface area contributed by atoms with Crippen LogP contribution in [-0.4, -0.2) is 65.4 Å². The maximum atomic E-state index is 13.3. The van der Waals surface area contributed by atoms with E-state index in [0.717, 1.165) is 6.42 Å². The second-order valence-electron chi connectivity index (χ2n) is 8.65. The van der Waals surface area contributed by atoms with E-state index >= 15 is 0 Å². The minimum atomic E-state index is -0.511. The number of rotatable bonds is 3. The van der Waals surface area contributed by atoms with Crippen molar-refractivity contribution in [1.29, 1.82) is 0 Å². The second-order valence-corrected chi connectivity index (χ2v) is 8.65. The number of amidine groups is 1. The molecule has 0 aromatic heterocycles. The number of piperazine rings is 1. The van der Waals surface area contributed by atoms with Crippen molar-refractivity contribution < 1.29 is 9.59 Å². The topological polar surface area (TPSA) is 65.3 Å². The molecule has 6 nitrogen and oxygen atoms in total. The molecule has 1 fully saturated rings. The van der Waals surface area contributed by atoms with Crippen LogP contribution in [0.5, 0.6) is 0 Å². The standard InChI is InChI=1S/C25H28N4O2/c1-25(2)18-28(23(30)20-11-7-4-8-12-20)15-16-29(25)24(31)22-26-14-13-21(17-27-22)19-9-5-3-6-10-19/h3-12,17,21H,13-16,18H2,1-2H3. The predicted octanol–water partition coefficient (Wildman–Crippen LogP) is 3.41. The minimum absolute atomic E-state index is 0.00342. The number of benzene rings is 2. The number of hydrogen-bond acceptors (Lipinski definition) is 4. The number of amides is 2. The highest BCUT2D eigenvalue weighted by atomic mass is 16.2. The van der Waals surface area contributed by atoms with Crippen LogP contribution in [0.15, 0.2) is 70.6 Å². The minimum Gasteiger partial charge on any atom is -0.335 e. The third-order valence-corrected chi connectivity index (χ3v) is 5.95. The Balaban J connectivity index is 1.45. The molecule has 0 aliphatic carbocycles. The SMILES string of the molecule is CC1(C)CN(C(=O)c2ccccc2)CCN1C(=O)C1=NCCC(c2ccccc2)C=N1. The molecule has 31 heavy (non-hydrogen) atoms. The lowest BCUT2D eigenvalue weighted by molar-refractivity contribution is -0.132. The molecule has 0 radical (unpaired) electrons.